The summed E-state index contributed by atoms with van der Waals surface area (Å²) in [5, 5.41) is 8.34. The first-order valence-corrected chi connectivity index (χ1v) is 4.52. The standard InChI is InChI=1S/C10H12N2O4/c1-16-8-4-2-7(3-5-8)11-12-9(13)6-10(14)15/h2-5,11H,6H2,1H3,(H,12,13)(H,14,15). The van der Waals surface area contributed by atoms with E-state index in [-0.39, 0.29) is 0 Å². The van der Waals surface area contributed by atoms with Gasteiger partial charge in [0.1, 0.15) is 12.2 Å². The molecular weight excluding hydrogens is 212 g/mol. The van der Waals surface area contributed by atoms with E-state index in [2.05, 4.69) is 10.9 Å². The van der Waals surface area contributed by atoms with Crippen LogP contribution < -0.4 is 15.6 Å². The average molecular weight is 224 g/mol. The van der Waals surface area contributed by atoms with Crippen molar-refractivity contribution in [3.63, 3.8) is 0 Å². The van der Waals surface area contributed by atoms with E-state index < -0.39 is 18.3 Å². The average Bonchev–Trinajstić information content (AvgIpc) is 2.26. The zero-order valence-electron chi connectivity index (χ0n) is 8.69. The second kappa shape index (κ2) is 5.59. The number of carbonyl (C=O) groups is 2. The lowest BCUT2D eigenvalue weighted by molar-refractivity contribution is -0.140. The Morgan fingerprint density at radius 1 is 1.31 bits per heavy atom. The van der Waals surface area contributed by atoms with Gasteiger partial charge in [0.2, 0.25) is 5.91 Å². The van der Waals surface area contributed by atoms with Crippen molar-refractivity contribution < 1.29 is 19.4 Å². The van der Waals surface area contributed by atoms with Crippen LogP contribution in [0.2, 0.25) is 0 Å². The van der Waals surface area contributed by atoms with E-state index in [4.69, 9.17) is 9.84 Å². The SMILES string of the molecule is COc1ccc(NNC(=O)CC(=O)O)cc1. The van der Waals surface area contributed by atoms with E-state index in [1.807, 2.05) is 0 Å². The van der Waals surface area contributed by atoms with Crippen LogP contribution in [0.1, 0.15) is 6.42 Å². The van der Waals surface area contributed by atoms with Crippen LogP contribution in [-0.4, -0.2) is 24.1 Å². The molecule has 1 aromatic rings. The highest BCUT2D eigenvalue weighted by molar-refractivity contribution is 5.93. The second-order valence-corrected chi connectivity index (χ2v) is 2.97. The molecule has 0 spiro atoms. The summed E-state index contributed by atoms with van der Waals surface area (Å²) < 4.78 is 4.95. The van der Waals surface area contributed by atoms with E-state index in [9.17, 15) is 9.59 Å². The number of carboxylic acids is 1. The van der Waals surface area contributed by atoms with Crippen molar-refractivity contribution in [3.05, 3.63) is 24.3 Å². The number of benzene rings is 1. The Labute approximate surface area is 92.2 Å². The maximum Gasteiger partial charge on any atom is 0.312 e. The fraction of sp³-hybridized carbons (Fsp3) is 0.200. The molecule has 0 aliphatic carbocycles. The summed E-state index contributed by atoms with van der Waals surface area (Å²) in [6.07, 6.45) is -0.566. The van der Waals surface area contributed by atoms with Crippen molar-refractivity contribution in [1.82, 2.24) is 5.43 Å². The molecule has 16 heavy (non-hydrogen) atoms. The zero-order valence-corrected chi connectivity index (χ0v) is 8.69. The topological polar surface area (TPSA) is 87.7 Å². The van der Waals surface area contributed by atoms with Crippen LogP contribution >= 0.6 is 0 Å². The number of methoxy groups -OCH3 is 1. The molecule has 0 aliphatic heterocycles. The molecule has 1 aromatic carbocycles. The summed E-state index contributed by atoms with van der Waals surface area (Å²) >= 11 is 0. The van der Waals surface area contributed by atoms with Crippen molar-refractivity contribution in [3.8, 4) is 5.75 Å². The van der Waals surface area contributed by atoms with Gasteiger partial charge in [-0.05, 0) is 24.3 Å². The molecule has 0 radical (unpaired) electrons. The molecule has 6 heteroatoms. The van der Waals surface area contributed by atoms with Gasteiger partial charge in [-0.3, -0.25) is 20.4 Å². The van der Waals surface area contributed by atoms with Crippen molar-refractivity contribution in [2.45, 2.75) is 6.42 Å². The van der Waals surface area contributed by atoms with Crippen LogP contribution in [0, 0.1) is 0 Å². The Balaban J connectivity index is 2.42. The van der Waals surface area contributed by atoms with Crippen molar-refractivity contribution in [1.29, 1.82) is 0 Å². The summed E-state index contributed by atoms with van der Waals surface area (Å²) in [6.45, 7) is 0. The summed E-state index contributed by atoms with van der Waals surface area (Å²) in [5.74, 6) is -1.08. The molecule has 3 N–H and O–H groups in total. The van der Waals surface area contributed by atoms with E-state index in [1.165, 1.54) is 0 Å². The molecule has 0 bridgehead atoms. The molecule has 0 heterocycles. The Morgan fingerprint density at radius 3 is 2.44 bits per heavy atom. The van der Waals surface area contributed by atoms with Gasteiger partial charge in [-0.2, -0.15) is 0 Å². The Bertz CT molecular complexity index is 375. The predicted molar refractivity (Wildman–Crippen MR) is 57.0 cm³/mol. The number of aliphatic carboxylic acids is 1. The van der Waals surface area contributed by atoms with Crippen LogP contribution in [-0.2, 0) is 9.59 Å². The Hall–Kier alpha value is -2.24. The number of hydrogen-bond acceptors (Lipinski definition) is 4. The van der Waals surface area contributed by atoms with Crippen molar-refractivity contribution >= 4 is 17.6 Å². The van der Waals surface area contributed by atoms with Crippen LogP contribution in [0.15, 0.2) is 24.3 Å². The minimum absolute atomic E-state index is 0.566. The number of nitrogens with one attached hydrogen (secondary N) is 2. The van der Waals surface area contributed by atoms with Crippen LogP contribution in [0.5, 0.6) is 5.75 Å². The van der Waals surface area contributed by atoms with Gasteiger partial charge in [0.15, 0.2) is 0 Å². The van der Waals surface area contributed by atoms with Crippen LogP contribution in [0.3, 0.4) is 0 Å². The highest BCUT2D eigenvalue weighted by Crippen LogP contribution is 2.13. The van der Waals surface area contributed by atoms with Gasteiger partial charge in [-0.1, -0.05) is 0 Å². The van der Waals surface area contributed by atoms with Crippen LogP contribution in [0.4, 0.5) is 5.69 Å². The minimum atomic E-state index is -1.17. The fourth-order valence-corrected chi connectivity index (χ4v) is 0.998. The third-order valence-electron chi connectivity index (χ3n) is 1.75. The molecule has 0 aliphatic rings. The number of amides is 1. The maximum absolute atomic E-state index is 11.0. The van der Waals surface area contributed by atoms with Crippen molar-refractivity contribution in [2.24, 2.45) is 0 Å². The van der Waals surface area contributed by atoms with Crippen molar-refractivity contribution in [2.75, 3.05) is 12.5 Å². The number of carboxylic acid groups (broad SMARTS) is 1. The molecule has 86 valence electrons. The van der Waals surface area contributed by atoms with E-state index in [0.717, 1.165) is 0 Å². The summed E-state index contributed by atoms with van der Waals surface area (Å²) in [4.78, 5) is 21.2. The second-order valence-electron chi connectivity index (χ2n) is 2.97. The summed E-state index contributed by atoms with van der Waals surface area (Å²) in [7, 11) is 1.55. The zero-order chi connectivity index (χ0) is 12.0. The highest BCUT2D eigenvalue weighted by Gasteiger charge is 2.06. The van der Waals surface area contributed by atoms with E-state index in [0.29, 0.717) is 11.4 Å². The molecule has 0 aromatic heterocycles. The quantitative estimate of drug-likeness (QED) is 0.504. The van der Waals surface area contributed by atoms with Gasteiger partial charge in [-0.25, -0.2) is 0 Å². The first kappa shape index (κ1) is 11.8. The lowest BCUT2D eigenvalue weighted by Crippen LogP contribution is -2.30. The third kappa shape index (κ3) is 3.87. The largest absolute Gasteiger partial charge is 0.497 e. The first-order valence-electron chi connectivity index (χ1n) is 4.52. The minimum Gasteiger partial charge on any atom is -0.497 e. The van der Waals surface area contributed by atoms with Gasteiger partial charge in [-0.15, -0.1) is 0 Å². The lowest BCUT2D eigenvalue weighted by atomic mass is 10.3. The fourth-order valence-electron chi connectivity index (χ4n) is 0.998. The highest BCUT2D eigenvalue weighted by atomic mass is 16.5. The normalized spacial score (nSPS) is 9.31. The Morgan fingerprint density at radius 2 is 1.94 bits per heavy atom. The van der Waals surface area contributed by atoms with Gasteiger partial charge < -0.3 is 9.84 Å². The molecule has 0 unspecified atom stereocenters. The number of carbonyl (C=O) groups excluding carboxylic acids is 1. The first-order chi connectivity index (χ1) is 7.61. The van der Waals surface area contributed by atoms with Gasteiger partial charge in [0.25, 0.3) is 0 Å². The summed E-state index contributed by atoms with van der Waals surface area (Å²) in [6, 6.07) is 6.82. The van der Waals surface area contributed by atoms with E-state index >= 15 is 0 Å². The number of hydrogen-bond donors (Lipinski definition) is 3. The molecule has 0 atom stereocenters. The smallest absolute Gasteiger partial charge is 0.312 e. The molecule has 1 amide bonds. The number of anilines is 1. The molecule has 0 saturated heterocycles. The molecule has 0 fully saturated rings. The predicted octanol–water partition coefficient (Wildman–Crippen LogP) is 0.613. The molecule has 1 rings (SSSR count). The van der Waals surface area contributed by atoms with Gasteiger partial charge in [0, 0.05) is 0 Å². The molecule has 0 saturated carbocycles. The Kier molecular flexibility index (Phi) is 4.14. The number of hydrazine groups is 1. The third-order valence-corrected chi connectivity index (χ3v) is 1.75. The van der Waals surface area contributed by atoms with Gasteiger partial charge in [0.05, 0.1) is 12.8 Å². The van der Waals surface area contributed by atoms with E-state index in [1.54, 1.807) is 31.4 Å². The maximum atomic E-state index is 11.0. The molecular formula is C10H12N2O4. The number of rotatable bonds is 5. The monoisotopic (exact) mass is 224 g/mol. The summed E-state index contributed by atoms with van der Waals surface area (Å²) in [5.41, 5.74) is 5.48. The van der Waals surface area contributed by atoms with Gasteiger partial charge >= 0.3 is 5.97 Å². The lowest BCUT2D eigenvalue weighted by Gasteiger charge is -2.07. The molecule has 6 nitrogen and oxygen atoms in total. The number of ether oxygens (including phenoxy) is 1. The van der Waals surface area contributed by atoms with Crippen LogP contribution in [0.25, 0.3) is 0 Å².